The highest BCUT2D eigenvalue weighted by Gasteiger charge is 2.33. The number of benzene rings is 1. The van der Waals surface area contributed by atoms with Crippen molar-refractivity contribution in [3.8, 4) is 0 Å². The van der Waals surface area contributed by atoms with Crippen molar-refractivity contribution in [3.63, 3.8) is 0 Å². The van der Waals surface area contributed by atoms with E-state index in [1.165, 1.54) is 44.1 Å². The Hall–Kier alpha value is -0.820. The van der Waals surface area contributed by atoms with Gasteiger partial charge in [0.2, 0.25) is 0 Å². The van der Waals surface area contributed by atoms with E-state index in [1.807, 2.05) is 0 Å². The van der Waals surface area contributed by atoms with Crippen LogP contribution in [0.15, 0.2) is 18.2 Å². The van der Waals surface area contributed by atoms with Crippen LogP contribution in [0.4, 0.5) is 0 Å². The fourth-order valence-corrected chi connectivity index (χ4v) is 3.68. The number of nitrogens with one attached hydrogen (secondary N) is 1. The van der Waals surface area contributed by atoms with Crippen molar-refractivity contribution in [3.05, 3.63) is 34.9 Å². The molecule has 0 heterocycles. The summed E-state index contributed by atoms with van der Waals surface area (Å²) < 4.78 is 0. The van der Waals surface area contributed by atoms with Crippen LogP contribution in [0.3, 0.4) is 0 Å². The SMILES string of the molecule is CC1(C)CCCC1NCc1ccc2c(c1)CCC2. The Bertz CT molecular complexity index is 433. The molecule has 0 spiro atoms. The molecular formula is C17H25N. The van der Waals surface area contributed by atoms with E-state index in [0.717, 1.165) is 6.54 Å². The van der Waals surface area contributed by atoms with Gasteiger partial charge in [-0.05, 0) is 54.2 Å². The summed E-state index contributed by atoms with van der Waals surface area (Å²) in [5, 5.41) is 3.78. The second-order valence-electron chi connectivity index (χ2n) is 6.77. The van der Waals surface area contributed by atoms with Crippen LogP contribution in [-0.2, 0) is 19.4 Å². The van der Waals surface area contributed by atoms with Crippen molar-refractivity contribution in [1.82, 2.24) is 5.32 Å². The van der Waals surface area contributed by atoms with E-state index in [4.69, 9.17) is 0 Å². The third-order valence-corrected chi connectivity index (χ3v) is 4.97. The maximum Gasteiger partial charge on any atom is 0.0208 e. The summed E-state index contributed by atoms with van der Waals surface area (Å²) in [6, 6.07) is 7.79. The van der Waals surface area contributed by atoms with Gasteiger partial charge in [-0.1, -0.05) is 38.5 Å². The van der Waals surface area contributed by atoms with Gasteiger partial charge in [0.25, 0.3) is 0 Å². The third kappa shape index (κ3) is 2.33. The zero-order valence-electron chi connectivity index (χ0n) is 11.8. The molecule has 0 aliphatic heterocycles. The summed E-state index contributed by atoms with van der Waals surface area (Å²) in [6.07, 6.45) is 8.03. The molecule has 1 atom stereocenters. The van der Waals surface area contributed by atoms with Crippen LogP contribution in [0.5, 0.6) is 0 Å². The molecule has 0 aromatic heterocycles. The van der Waals surface area contributed by atoms with Gasteiger partial charge in [-0.3, -0.25) is 0 Å². The zero-order valence-corrected chi connectivity index (χ0v) is 11.8. The first-order valence-electron chi connectivity index (χ1n) is 7.49. The van der Waals surface area contributed by atoms with Gasteiger partial charge in [0.15, 0.2) is 0 Å². The van der Waals surface area contributed by atoms with Crippen molar-refractivity contribution in [1.29, 1.82) is 0 Å². The van der Waals surface area contributed by atoms with Crippen molar-refractivity contribution in [2.24, 2.45) is 5.41 Å². The van der Waals surface area contributed by atoms with Crippen LogP contribution in [0.1, 0.15) is 56.2 Å². The van der Waals surface area contributed by atoms with Crippen molar-refractivity contribution >= 4 is 0 Å². The summed E-state index contributed by atoms with van der Waals surface area (Å²) in [7, 11) is 0. The average Bonchev–Trinajstić information content (AvgIpc) is 2.91. The van der Waals surface area contributed by atoms with Crippen molar-refractivity contribution < 1.29 is 0 Å². The monoisotopic (exact) mass is 243 g/mol. The average molecular weight is 243 g/mol. The second kappa shape index (κ2) is 4.70. The quantitative estimate of drug-likeness (QED) is 0.850. The van der Waals surface area contributed by atoms with E-state index in [2.05, 4.69) is 37.4 Å². The Morgan fingerprint density at radius 1 is 1.17 bits per heavy atom. The largest absolute Gasteiger partial charge is 0.309 e. The Morgan fingerprint density at radius 3 is 2.78 bits per heavy atom. The van der Waals surface area contributed by atoms with Crippen LogP contribution in [0, 0.1) is 5.41 Å². The molecule has 3 rings (SSSR count). The van der Waals surface area contributed by atoms with E-state index in [0.29, 0.717) is 11.5 Å². The van der Waals surface area contributed by atoms with E-state index >= 15 is 0 Å². The molecule has 0 amide bonds. The minimum Gasteiger partial charge on any atom is -0.309 e. The lowest BCUT2D eigenvalue weighted by molar-refractivity contribution is 0.282. The van der Waals surface area contributed by atoms with Crippen LogP contribution in [-0.4, -0.2) is 6.04 Å². The smallest absolute Gasteiger partial charge is 0.0208 e. The lowest BCUT2D eigenvalue weighted by Crippen LogP contribution is -2.37. The summed E-state index contributed by atoms with van der Waals surface area (Å²) in [5.41, 5.74) is 5.13. The molecule has 0 radical (unpaired) electrons. The number of hydrogen-bond acceptors (Lipinski definition) is 1. The van der Waals surface area contributed by atoms with Crippen LogP contribution in [0.2, 0.25) is 0 Å². The zero-order chi connectivity index (χ0) is 12.6. The highest BCUT2D eigenvalue weighted by molar-refractivity contribution is 5.35. The standard InChI is InChI=1S/C17H25N/c1-17(2)10-4-7-16(17)18-12-13-8-9-14-5-3-6-15(14)11-13/h8-9,11,16,18H,3-7,10,12H2,1-2H3. The lowest BCUT2D eigenvalue weighted by Gasteiger charge is -2.28. The Balaban J connectivity index is 1.63. The minimum atomic E-state index is 0.483. The normalized spacial score (nSPS) is 25.3. The number of hydrogen-bond donors (Lipinski definition) is 1. The summed E-state index contributed by atoms with van der Waals surface area (Å²) in [5.74, 6) is 0. The Labute approximate surface area is 111 Å². The molecule has 2 aliphatic carbocycles. The van der Waals surface area contributed by atoms with Gasteiger partial charge in [0, 0.05) is 12.6 Å². The molecule has 98 valence electrons. The maximum atomic E-state index is 3.78. The summed E-state index contributed by atoms with van der Waals surface area (Å²) >= 11 is 0. The van der Waals surface area contributed by atoms with Gasteiger partial charge < -0.3 is 5.32 Å². The molecule has 1 unspecified atom stereocenters. The van der Waals surface area contributed by atoms with E-state index in [-0.39, 0.29) is 0 Å². The second-order valence-corrected chi connectivity index (χ2v) is 6.77. The van der Waals surface area contributed by atoms with E-state index in [9.17, 15) is 0 Å². The molecular weight excluding hydrogens is 218 g/mol. The molecule has 18 heavy (non-hydrogen) atoms. The lowest BCUT2D eigenvalue weighted by atomic mass is 9.87. The van der Waals surface area contributed by atoms with Crippen LogP contribution in [0.25, 0.3) is 0 Å². The highest BCUT2D eigenvalue weighted by atomic mass is 14.9. The molecule has 2 aliphatic rings. The van der Waals surface area contributed by atoms with Gasteiger partial charge in [0.1, 0.15) is 0 Å². The summed E-state index contributed by atoms with van der Waals surface area (Å²) in [6.45, 7) is 5.85. The van der Waals surface area contributed by atoms with Gasteiger partial charge in [-0.25, -0.2) is 0 Å². The Morgan fingerprint density at radius 2 is 2.00 bits per heavy atom. The number of aryl methyl sites for hydroxylation is 2. The van der Waals surface area contributed by atoms with Crippen molar-refractivity contribution in [2.75, 3.05) is 0 Å². The fourth-order valence-electron chi connectivity index (χ4n) is 3.68. The predicted molar refractivity (Wildman–Crippen MR) is 76.7 cm³/mol. The van der Waals surface area contributed by atoms with Crippen LogP contribution < -0.4 is 5.32 Å². The molecule has 1 aromatic carbocycles. The molecule has 1 nitrogen and oxygen atoms in total. The van der Waals surface area contributed by atoms with Crippen molar-refractivity contribution in [2.45, 2.75) is 65.0 Å². The first kappa shape index (κ1) is 12.2. The molecule has 1 N–H and O–H groups in total. The first-order valence-corrected chi connectivity index (χ1v) is 7.49. The molecule has 1 heteroatoms. The molecule has 1 saturated carbocycles. The number of fused-ring (bicyclic) bond motifs is 1. The van der Waals surface area contributed by atoms with Gasteiger partial charge >= 0.3 is 0 Å². The van der Waals surface area contributed by atoms with E-state index < -0.39 is 0 Å². The molecule has 0 bridgehead atoms. The minimum absolute atomic E-state index is 0.483. The first-order chi connectivity index (χ1) is 8.65. The fraction of sp³-hybridized carbons (Fsp3) is 0.647. The van der Waals surface area contributed by atoms with E-state index in [1.54, 1.807) is 11.1 Å². The predicted octanol–water partition coefficient (Wildman–Crippen LogP) is 3.84. The van der Waals surface area contributed by atoms with Gasteiger partial charge in [-0.2, -0.15) is 0 Å². The highest BCUT2D eigenvalue weighted by Crippen LogP contribution is 2.37. The topological polar surface area (TPSA) is 12.0 Å². The maximum absolute atomic E-state index is 3.78. The molecule has 0 saturated heterocycles. The summed E-state index contributed by atoms with van der Waals surface area (Å²) in [4.78, 5) is 0. The Kier molecular flexibility index (Phi) is 3.19. The van der Waals surface area contributed by atoms with Crippen LogP contribution >= 0.6 is 0 Å². The number of rotatable bonds is 3. The van der Waals surface area contributed by atoms with Gasteiger partial charge in [-0.15, -0.1) is 0 Å². The molecule has 1 fully saturated rings. The molecule has 1 aromatic rings. The van der Waals surface area contributed by atoms with Gasteiger partial charge in [0.05, 0.1) is 0 Å². The third-order valence-electron chi connectivity index (χ3n) is 4.97.